The Hall–Kier alpha value is -0.780. The first-order valence-electron chi connectivity index (χ1n) is 5.49. The van der Waals surface area contributed by atoms with Crippen LogP contribution in [-0.2, 0) is 6.42 Å². The van der Waals surface area contributed by atoms with E-state index in [0.29, 0.717) is 0 Å². The molecule has 16 heavy (non-hydrogen) atoms. The molecular formula is C12H15IN2O. The summed E-state index contributed by atoms with van der Waals surface area (Å²) in [7, 11) is 0. The van der Waals surface area contributed by atoms with E-state index in [-0.39, 0.29) is 12.1 Å². The van der Waals surface area contributed by atoms with Crippen molar-refractivity contribution in [1.29, 1.82) is 0 Å². The molecule has 2 rings (SSSR count). The van der Waals surface area contributed by atoms with Crippen LogP contribution in [0.5, 0.6) is 0 Å². The molecule has 1 aromatic carbocycles. The van der Waals surface area contributed by atoms with Crippen molar-refractivity contribution in [2.45, 2.75) is 18.9 Å². The third-order valence-corrected chi connectivity index (χ3v) is 3.36. The lowest BCUT2D eigenvalue weighted by Gasteiger charge is -2.14. The van der Waals surface area contributed by atoms with Gasteiger partial charge in [0.05, 0.1) is 6.04 Å². The van der Waals surface area contributed by atoms with Crippen molar-refractivity contribution >= 4 is 28.6 Å². The average Bonchev–Trinajstić information content (AvgIpc) is 2.70. The predicted octanol–water partition coefficient (Wildman–Crippen LogP) is 2.41. The number of carbonyl (C=O) groups excluding carboxylic acids is 1. The average molecular weight is 330 g/mol. The Morgan fingerprint density at radius 2 is 2.25 bits per heavy atom. The van der Waals surface area contributed by atoms with E-state index < -0.39 is 0 Å². The van der Waals surface area contributed by atoms with Gasteiger partial charge >= 0.3 is 6.03 Å². The predicted molar refractivity (Wildman–Crippen MR) is 72.9 cm³/mol. The quantitative estimate of drug-likeness (QED) is 0.649. The number of rotatable bonds is 3. The summed E-state index contributed by atoms with van der Waals surface area (Å²) in [6.45, 7) is 0.723. The first kappa shape index (κ1) is 11.7. The number of fused-ring (bicyclic) bond motifs is 1. The second-order valence-corrected chi connectivity index (χ2v) is 4.96. The van der Waals surface area contributed by atoms with Crippen LogP contribution in [0.3, 0.4) is 0 Å². The van der Waals surface area contributed by atoms with Crippen molar-refractivity contribution in [2.24, 2.45) is 0 Å². The van der Waals surface area contributed by atoms with Gasteiger partial charge in [0.1, 0.15) is 0 Å². The van der Waals surface area contributed by atoms with E-state index in [0.717, 1.165) is 23.8 Å². The van der Waals surface area contributed by atoms with Crippen LogP contribution in [0, 0.1) is 0 Å². The second-order valence-electron chi connectivity index (χ2n) is 3.88. The zero-order valence-corrected chi connectivity index (χ0v) is 11.2. The van der Waals surface area contributed by atoms with Gasteiger partial charge in [-0.05, 0) is 24.0 Å². The fraction of sp³-hybridized carbons (Fsp3) is 0.417. The maximum Gasteiger partial charge on any atom is 0.315 e. The highest BCUT2D eigenvalue weighted by Crippen LogP contribution is 2.30. The van der Waals surface area contributed by atoms with Crippen LogP contribution >= 0.6 is 22.6 Å². The number of alkyl halides is 1. The van der Waals surface area contributed by atoms with E-state index >= 15 is 0 Å². The molecule has 0 spiro atoms. The summed E-state index contributed by atoms with van der Waals surface area (Å²) in [6, 6.07) is 8.45. The number of benzene rings is 1. The van der Waals surface area contributed by atoms with Crippen molar-refractivity contribution in [3.05, 3.63) is 35.4 Å². The highest BCUT2D eigenvalue weighted by Gasteiger charge is 2.22. The molecule has 86 valence electrons. The SMILES string of the molecule is O=C(NCCI)NC1CCc2ccccc21. The molecule has 1 aliphatic rings. The summed E-state index contributed by atoms with van der Waals surface area (Å²) < 4.78 is 0.937. The Bertz CT molecular complexity index is 381. The van der Waals surface area contributed by atoms with Gasteiger partial charge in [-0.2, -0.15) is 0 Å². The molecule has 0 saturated carbocycles. The molecular weight excluding hydrogens is 315 g/mol. The van der Waals surface area contributed by atoms with E-state index in [1.54, 1.807) is 0 Å². The van der Waals surface area contributed by atoms with E-state index in [4.69, 9.17) is 0 Å². The maximum atomic E-state index is 11.5. The zero-order valence-electron chi connectivity index (χ0n) is 9.00. The summed E-state index contributed by atoms with van der Waals surface area (Å²) in [5, 5.41) is 5.85. The summed E-state index contributed by atoms with van der Waals surface area (Å²) >= 11 is 2.24. The third kappa shape index (κ3) is 2.66. The number of urea groups is 1. The smallest absolute Gasteiger partial charge is 0.315 e. The van der Waals surface area contributed by atoms with E-state index in [1.165, 1.54) is 11.1 Å². The minimum absolute atomic E-state index is 0.0571. The first-order chi connectivity index (χ1) is 7.81. The number of amides is 2. The number of aryl methyl sites for hydroxylation is 1. The standard InChI is InChI=1S/C12H15IN2O/c13-7-8-14-12(16)15-11-6-5-9-3-1-2-4-10(9)11/h1-4,11H,5-8H2,(H2,14,15,16). The molecule has 0 saturated heterocycles. The highest BCUT2D eigenvalue weighted by atomic mass is 127. The molecule has 0 radical (unpaired) electrons. The number of nitrogens with one attached hydrogen (secondary N) is 2. The van der Waals surface area contributed by atoms with Crippen LogP contribution in [0.1, 0.15) is 23.6 Å². The topological polar surface area (TPSA) is 41.1 Å². The summed E-state index contributed by atoms with van der Waals surface area (Å²) in [5.41, 5.74) is 2.63. The fourth-order valence-electron chi connectivity index (χ4n) is 2.08. The molecule has 0 bridgehead atoms. The van der Waals surface area contributed by atoms with Gasteiger partial charge in [0.25, 0.3) is 0 Å². The van der Waals surface area contributed by atoms with Crippen LogP contribution in [0.15, 0.2) is 24.3 Å². The van der Waals surface area contributed by atoms with Crippen molar-refractivity contribution < 1.29 is 4.79 Å². The van der Waals surface area contributed by atoms with Crippen molar-refractivity contribution in [2.75, 3.05) is 11.0 Å². The molecule has 1 unspecified atom stereocenters. The van der Waals surface area contributed by atoms with Gasteiger partial charge in [-0.3, -0.25) is 0 Å². The summed E-state index contributed by atoms with van der Waals surface area (Å²) in [4.78, 5) is 11.5. The number of halogens is 1. The Labute approximate surface area is 109 Å². The minimum atomic E-state index is -0.0571. The lowest BCUT2D eigenvalue weighted by atomic mass is 10.1. The molecule has 0 heterocycles. The summed E-state index contributed by atoms with van der Waals surface area (Å²) in [5.74, 6) is 0. The van der Waals surface area contributed by atoms with Crippen molar-refractivity contribution in [1.82, 2.24) is 10.6 Å². The largest absolute Gasteiger partial charge is 0.337 e. The lowest BCUT2D eigenvalue weighted by molar-refractivity contribution is 0.237. The third-order valence-electron chi connectivity index (χ3n) is 2.82. The first-order valence-corrected chi connectivity index (χ1v) is 7.02. The Balaban J connectivity index is 1.95. The van der Waals surface area contributed by atoms with E-state index in [2.05, 4.69) is 51.4 Å². The zero-order chi connectivity index (χ0) is 11.4. The van der Waals surface area contributed by atoms with E-state index in [9.17, 15) is 4.79 Å². The van der Waals surface area contributed by atoms with Crippen LogP contribution in [-0.4, -0.2) is 17.0 Å². The number of carbonyl (C=O) groups is 1. The molecule has 1 aromatic rings. The summed E-state index contributed by atoms with van der Waals surface area (Å²) in [6.07, 6.45) is 2.07. The van der Waals surface area contributed by atoms with Gasteiger partial charge in [-0.15, -0.1) is 0 Å². The molecule has 0 fully saturated rings. The molecule has 4 heteroatoms. The van der Waals surface area contributed by atoms with Gasteiger partial charge < -0.3 is 10.6 Å². The maximum absolute atomic E-state index is 11.5. The molecule has 2 amide bonds. The molecule has 3 nitrogen and oxygen atoms in total. The number of hydrogen-bond acceptors (Lipinski definition) is 1. The lowest BCUT2D eigenvalue weighted by Crippen LogP contribution is -2.38. The van der Waals surface area contributed by atoms with Crippen LogP contribution < -0.4 is 10.6 Å². The van der Waals surface area contributed by atoms with Gasteiger partial charge in [0.15, 0.2) is 0 Å². The van der Waals surface area contributed by atoms with Crippen LogP contribution in [0.25, 0.3) is 0 Å². The van der Waals surface area contributed by atoms with Crippen LogP contribution in [0.2, 0.25) is 0 Å². The molecule has 1 atom stereocenters. The molecule has 1 aliphatic carbocycles. The second kappa shape index (κ2) is 5.52. The van der Waals surface area contributed by atoms with Gasteiger partial charge in [0.2, 0.25) is 0 Å². The normalized spacial score (nSPS) is 17.9. The Morgan fingerprint density at radius 1 is 1.44 bits per heavy atom. The van der Waals surface area contributed by atoms with Gasteiger partial charge in [0, 0.05) is 11.0 Å². The molecule has 0 aliphatic heterocycles. The van der Waals surface area contributed by atoms with Crippen LogP contribution in [0.4, 0.5) is 4.79 Å². The minimum Gasteiger partial charge on any atom is -0.337 e. The Kier molecular flexibility index (Phi) is 4.04. The highest BCUT2D eigenvalue weighted by molar-refractivity contribution is 14.1. The van der Waals surface area contributed by atoms with Crippen molar-refractivity contribution in [3.8, 4) is 0 Å². The molecule has 0 aromatic heterocycles. The molecule has 2 N–H and O–H groups in total. The van der Waals surface area contributed by atoms with E-state index in [1.807, 2.05) is 6.07 Å². The monoisotopic (exact) mass is 330 g/mol. The fourth-order valence-corrected chi connectivity index (χ4v) is 2.35. The number of hydrogen-bond donors (Lipinski definition) is 2. The van der Waals surface area contributed by atoms with Crippen molar-refractivity contribution in [3.63, 3.8) is 0 Å². The van der Waals surface area contributed by atoms with Gasteiger partial charge in [-0.1, -0.05) is 46.9 Å². The Morgan fingerprint density at radius 3 is 3.06 bits per heavy atom. The van der Waals surface area contributed by atoms with Gasteiger partial charge in [-0.25, -0.2) is 4.79 Å².